The molecule has 9 aromatic carbocycles. The summed E-state index contributed by atoms with van der Waals surface area (Å²) in [5.74, 6) is 0. The average molecular weight is 642 g/mol. The first kappa shape index (κ1) is 23.6. The molecule has 234 valence electrons. The van der Waals surface area contributed by atoms with Gasteiger partial charge in [0.15, 0.2) is 0 Å². The Morgan fingerprint density at radius 1 is 0.440 bits per heavy atom. The van der Waals surface area contributed by atoms with E-state index in [2.05, 4.69) is 114 Å². The van der Waals surface area contributed by atoms with E-state index < -0.39 is 6.04 Å². The second-order valence-corrected chi connectivity index (χ2v) is 12.6. The third kappa shape index (κ3) is 4.43. The Morgan fingerprint density at radius 3 is 2.00 bits per heavy atom. The predicted molar refractivity (Wildman–Crippen MR) is 213 cm³/mol. The van der Waals surface area contributed by atoms with Crippen LogP contribution in [0.5, 0.6) is 0 Å². The van der Waals surface area contributed by atoms with Crippen LogP contribution in [0.15, 0.2) is 194 Å². The van der Waals surface area contributed by atoms with Gasteiger partial charge in [0.2, 0.25) is 0 Å². The van der Waals surface area contributed by atoms with Crippen molar-refractivity contribution < 1.29 is 6.85 Å². The molecular weight excluding hydrogens is 605 g/mol. The van der Waals surface area contributed by atoms with Gasteiger partial charge in [0.05, 0.1) is 23.6 Å². The van der Waals surface area contributed by atoms with E-state index in [4.69, 9.17) is 4.11 Å². The van der Waals surface area contributed by atoms with Crippen LogP contribution in [-0.2, 0) is 0 Å². The van der Waals surface area contributed by atoms with E-state index in [-0.39, 0.29) is 29.9 Å². The predicted octanol–water partition coefficient (Wildman–Crippen LogP) is 13.4. The van der Waals surface area contributed by atoms with Crippen molar-refractivity contribution in [3.05, 3.63) is 194 Å². The fourth-order valence-electron chi connectivity index (χ4n) is 7.71. The lowest BCUT2D eigenvalue weighted by atomic mass is 9.94. The molecule has 1 aromatic heterocycles. The molecule has 0 saturated heterocycles. The zero-order valence-corrected chi connectivity index (χ0v) is 27.0. The van der Waals surface area contributed by atoms with Crippen LogP contribution in [0.2, 0.25) is 0 Å². The molecule has 10 aromatic rings. The number of aromatic nitrogens is 1. The van der Waals surface area contributed by atoms with Crippen LogP contribution in [0, 0.1) is 0 Å². The Bertz CT molecular complexity index is 3140. The maximum Gasteiger partial charge on any atom is 0.0645 e. The highest BCUT2D eigenvalue weighted by Gasteiger charge is 2.20. The summed E-state index contributed by atoms with van der Waals surface area (Å²) < 4.78 is 46.5. The Labute approximate surface area is 297 Å². The van der Waals surface area contributed by atoms with Crippen molar-refractivity contribution in [1.29, 1.82) is 0 Å². The minimum Gasteiger partial charge on any atom is -0.310 e. The standard InChI is InChI=1S/C48H32N2/c1-3-15-33(16-4-1)40-27-13-18-34-29-30-45-48(47(34)40)43-26-11-12-28-44(43)50(45)38-22-14-21-37(32-38)49(36-19-5-2-6-20-36)46-31-35-17-7-8-23-39(35)41-24-9-10-25-42(41)46/h1-32H/i2D,5D,6D,19D,20D. The molecule has 0 radical (unpaired) electrons. The van der Waals surface area contributed by atoms with Gasteiger partial charge in [0.1, 0.15) is 0 Å². The molecule has 0 spiro atoms. The lowest BCUT2D eigenvalue weighted by molar-refractivity contribution is 1.17. The topological polar surface area (TPSA) is 8.17 Å². The second-order valence-electron chi connectivity index (χ2n) is 12.6. The molecule has 0 saturated carbocycles. The van der Waals surface area contributed by atoms with Crippen molar-refractivity contribution in [1.82, 2.24) is 4.57 Å². The highest BCUT2D eigenvalue weighted by atomic mass is 15.1. The molecule has 0 amide bonds. The molecule has 0 fully saturated rings. The largest absolute Gasteiger partial charge is 0.310 e. The first-order chi connectivity index (χ1) is 26.9. The van der Waals surface area contributed by atoms with Gasteiger partial charge in [-0.3, -0.25) is 0 Å². The van der Waals surface area contributed by atoms with Crippen LogP contribution in [0.4, 0.5) is 17.1 Å². The van der Waals surface area contributed by atoms with Crippen LogP contribution >= 0.6 is 0 Å². The molecule has 0 bridgehead atoms. The first-order valence-corrected chi connectivity index (χ1v) is 16.8. The van der Waals surface area contributed by atoms with Gasteiger partial charge < -0.3 is 9.47 Å². The Kier molecular flexibility index (Phi) is 5.44. The third-order valence-corrected chi connectivity index (χ3v) is 9.81. The van der Waals surface area contributed by atoms with E-state index in [9.17, 15) is 2.74 Å². The summed E-state index contributed by atoms with van der Waals surface area (Å²) in [5, 5.41) is 8.57. The quantitative estimate of drug-likeness (QED) is 0.170. The molecule has 10 rings (SSSR count). The monoisotopic (exact) mass is 641 g/mol. The van der Waals surface area contributed by atoms with E-state index in [1.165, 1.54) is 5.39 Å². The minimum absolute atomic E-state index is 0.0873. The molecule has 0 aliphatic rings. The molecule has 0 unspecified atom stereocenters. The molecule has 2 heteroatoms. The van der Waals surface area contributed by atoms with E-state index >= 15 is 0 Å². The Hall–Kier alpha value is -6.64. The van der Waals surface area contributed by atoms with Crippen molar-refractivity contribution in [3.8, 4) is 16.8 Å². The SMILES string of the molecule is [2H]c1c([2H])c([2H])c(N(c2cccc(-n3c4ccccc4c4c5c(-c6ccccc6)cccc5ccc43)c2)c2cc3ccccc3c3ccccc23)c([2H])c1[2H]. The molecule has 2 nitrogen and oxygen atoms in total. The van der Waals surface area contributed by atoms with Gasteiger partial charge in [-0.25, -0.2) is 0 Å². The van der Waals surface area contributed by atoms with Crippen molar-refractivity contribution in [2.45, 2.75) is 0 Å². The molecular formula is C48H32N2. The minimum atomic E-state index is -0.428. The number of para-hydroxylation sites is 2. The van der Waals surface area contributed by atoms with Gasteiger partial charge in [-0.2, -0.15) is 0 Å². The molecule has 0 aliphatic heterocycles. The van der Waals surface area contributed by atoms with E-state index in [1.807, 2.05) is 59.5 Å². The lowest BCUT2D eigenvalue weighted by Crippen LogP contribution is -2.11. The zero-order valence-electron chi connectivity index (χ0n) is 32.0. The fraction of sp³-hybridized carbons (Fsp3) is 0. The van der Waals surface area contributed by atoms with Crippen molar-refractivity contribution in [2.24, 2.45) is 0 Å². The molecule has 1 heterocycles. The maximum atomic E-state index is 9.19. The number of anilines is 3. The average Bonchev–Trinajstić information content (AvgIpc) is 3.58. The summed E-state index contributed by atoms with van der Waals surface area (Å²) in [6.45, 7) is 0. The lowest BCUT2D eigenvalue weighted by Gasteiger charge is -2.28. The van der Waals surface area contributed by atoms with Crippen molar-refractivity contribution >= 4 is 71.2 Å². The van der Waals surface area contributed by atoms with Crippen LogP contribution < -0.4 is 4.90 Å². The fourth-order valence-corrected chi connectivity index (χ4v) is 7.71. The van der Waals surface area contributed by atoms with Gasteiger partial charge in [-0.1, -0.05) is 146 Å². The Balaban J connectivity index is 1.29. The number of nitrogens with zero attached hydrogens (tertiary/aromatic N) is 2. The van der Waals surface area contributed by atoms with Gasteiger partial charge in [-0.05, 0) is 86.5 Å². The van der Waals surface area contributed by atoms with Gasteiger partial charge in [0, 0.05) is 33.2 Å². The van der Waals surface area contributed by atoms with Gasteiger partial charge in [-0.15, -0.1) is 0 Å². The van der Waals surface area contributed by atoms with Crippen LogP contribution in [0.25, 0.3) is 70.9 Å². The number of hydrogen-bond acceptors (Lipinski definition) is 1. The molecule has 50 heavy (non-hydrogen) atoms. The smallest absolute Gasteiger partial charge is 0.0645 e. The number of hydrogen-bond donors (Lipinski definition) is 0. The summed E-state index contributed by atoms with van der Waals surface area (Å²) >= 11 is 0. The van der Waals surface area contributed by atoms with E-state index in [0.717, 1.165) is 65.6 Å². The van der Waals surface area contributed by atoms with Crippen LogP contribution in [0.3, 0.4) is 0 Å². The molecule has 0 aliphatic carbocycles. The highest BCUT2D eigenvalue weighted by molar-refractivity contribution is 6.25. The van der Waals surface area contributed by atoms with Crippen LogP contribution in [0.1, 0.15) is 6.85 Å². The summed E-state index contributed by atoms with van der Waals surface area (Å²) in [5.41, 5.74) is 6.73. The first-order valence-electron chi connectivity index (χ1n) is 19.3. The summed E-state index contributed by atoms with van der Waals surface area (Å²) in [6.07, 6.45) is 0. The van der Waals surface area contributed by atoms with Crippen LogP contribution in [-0.4, -0.2) is 4.57 Å². The number of rotatable bonds is 5. The van der Waals surface area contributed by atoms with Gasteiger partial charge in [0.25, 0.3) is 0 Å². The summed E-state index contributed by atoms with van der Waals surface area (Å²) in [7, 11) is 0. The zero-order chi connectivity index (χ0) is 37.4. The van der Waals surface area contributed by atoms with E-state index in [1.54, 1.807) is 0 Å². The van der Waals surface area contributed by atoms with Crippen molar-refractivity contribution in [3.63, 3.8) is 0 Å². The Morgan fingerprint density at radius 2 is 1.14 bits per heavy atom. The molecule has 0 atom stereocenters. The normalized spacial score (nSPS) is 13.0. The van der Waals surface area contributed by atoms with Gasteiger partial charge >= 0.3 is 0 Å². The molecule has 0 N–H and O–H groups in total. The number of benzene rings is 9. The van der Waals surface area contributed by atoms with Crippen molar-refractivity contribution in [2.75, 3.05) is 4.90 Å². The summed E-state index contributed by atoms with van der Waals surface area (Å²) in [4.78, 5) is 1.84. The third-order valence-electron chi connectivity index (χ3n) is 9.81. The second kappa shape index (κ2) is 11.5. The maximum absolute atomic E-state index is 9.19. The number of fused-ring (bicyclic) bond motifs is 8. The summed E-state index contributed by atoms with van der Waals surface area (Å²) in [6, 6.07) is 54.4. The van der Waals surface area contributed by atoms with E-state index in [0.29, 0.717) is 11.4 Å². The highest BCUT2D eigenvalue weighted by Crippen LogP contribution is 2.44.